The molecule has 0 radical (unpaired) electrons. The highest BCUT2D eigenvalue weighted by molar-refractivity contribution is 4.90. The minimum atomic E-state index is 0.621. The van der Waals surface area contributed by atoms with Gasteiger partial charge < -0.3 is 0 Å². The van der Waals surface area contributed by atoms with Crippen LogP contribution < -0.4 is 4.57 Å². The molecule has 38 heavy (non-hydrogen) atoms. The van der Waals surface area contributed by atoms with E-state index in [4.69, 9.17) is 0 Å². The van der Waals surface area contributed by atoms with Crippen LogP contribution in [0.25, 0.3) is 0 Å². The zero-order valence-corrected chi connectivity index (χ0v) is 26.8. The fourth-order valence-corrected chi connectivity index (χ4v) is 6.25. The van der Waals surface area contributed by atoms with Gasteiger partial charge in [-0.25, -0.2) is 9.55 Å². The van der Waals surface area contributed by atoms with E-state index in [9.17, 15) is 0 Å². The number of aromatic amines is 1. The third-order valence-electron chi connectivity index (χ3n) is 8.89. The molecule has 0 aliphatic heterocycles. The van der Waals surface area contributed by atoms with Crippen LogP contribution in [0.15, 0.2) is 12.4 Å². The average Bonchev–Trinajstić information content (AvgIpc) is 3.42. The summed E-state index contributed by atoms with van der Waals surface area (Å²) in [5.41, 5.74) is 0. The maximum Gasteiger partial charge on any atom is 0.257 e. The summed E-state index contributed by atoms with van der Waals surface area (Å²) in [5.74, 6) is 2.24. The van der Waals surface area contributed by atoms with Crippen LogP contribution >= 0.6 is 0 Å². The van der Waals surface area contributed by atoms with Crippen LogP contribution in [0.2, 0.25) is 0 Å². The Morgan fingerprint density at radius 1 is 0.500 bits per heavy atom. The van der Waals surface area contributed by atoms with Crippen molar-refractivity contribution in [2.45, 2.75) is 213 Å². The summed E-state index contributed by atoms with van der Waals surface area (Å²) in [6.45, 7) is 9.40. The molecule has 0 aliphatic rings. The van der Waals surface area contributed by atoms with E-state index >= 15 is 0 Å². The predicted octanol–water partition coefficient (Wildman–Crippen LogP) is 12.5. The van der Waals surface area contributed by atoms with Crippen molar-refractivity contribution in [2.75, 3.05) is 0 Å². The number of H-pyrrole nitrogens is 1. The van der Waals surface area contributed by atoms with E-state index < -0.39 is 0 Å². The van der Waals surface area contributed by atoms with Crippen molar-refractivity contribution in [2.24, 2.45) is 0 Å². The van der Waals surface area contributed by atoms with Gasteiger partial charge in [-0.2, -0.15) is 0 Å². The number of rotatable bonds is 29. The first-order valence-corrected chi connectivity index (χ1v) is 17.8. The molecule has 0 amide bonds. The highest BCUT2D eigenvalue weighted by atomic mass is 15.1. The number of hydrogen-bond donors (Lipinski definition) is 1. The molecule has 1 aromatic rings. The summed E-state index contributed by atoms with van der Waals surface area (Å²) in [7, 11) is 0. The Labute approximate surface area is 240 Å². The Bertz CT molecular complexity index is 592. The Morgan fingerprint density at radius 2 is 0.842 bits per heavy atom. The first-order chi connectivity index (χ1) is 18.7. The molecule has 2 heteroatoms. The van der Waals surface area contributed by atoms with E-state index in [0.717, 1.165) is 0 Å². The molecule has 2 unspecified atom stereocenters. The van der Waals surface area contributed by atoms with Gasteiger partial charge in [-0.1, -0.05) is 168 Å². The summed E-state index contributed by atoms with van der Waals surface area (Å²) >= 11 is 0. The SMILES string of the molecule is CCCCCCCCCCCCC(CCCCCCCC)c1[nH]cc[n+]1C(C)CCCCCCCCCC. The molecular weight excluding hydrogens is 460 g/mol. The Morgan fingerprint density at radius 3 is 1.24 bits per heavy atom. The number of nitrogens with zero attached hydrogens (tertiary/aromatic N) is 1. The van der Waals surface area contributed by atoms with E-state index in [1.807, 2.05) is 0 Å². The van der Waals surface area contributed by atoms with Gasteiger partial charge in [0.15, 0.2) is 0 Å². The molecule has 0 bridgehead atoms. The van der Waals surface area contributed by atoms with Crippen LogP contribution in [0.5, 0.6) is 0 Å². The van der Waals surface area contributed by atoms with E-state index in [0.29, 0.717) is 12.0 Å². The van der Waals surface area contributed by atoms with E-state index in [1.165, 1.54) is 179 Å². The van der Waals surface area contributed by atoms with Crippen LogP contribution in [-0.2, 0) is 0 Å². The lowest BCUT2D eigenvalue weighted by Crippen LogP contribution is -2.41. The zero-order chi connectivity index (χ0) is 27.5. The van der Waals surface area contributed by atoms with Crippen molar-refractivity contribution in [1.82, 2.24) is 4.98 Å². The van der Waals surface area contributed by atoms with Crippen molar-refractivity contribution in [3.63, 3.8) is 0 Å². The number of imidazole rings is 1. The minimum Gasteiger partial charge on any atom is -0.247 e. The summed E-state index contributed by atoms with van der Waals surface area (Å²) in [6, 6.07) is 0.621. The van der Waals surface area contributed by atoms with Gasteiger partial charge in [0.25, 0.3) is 5.82 Å². The molecular formula is C36H71N2+. The molecule has 2 nitrogen and oxygen atoms in total. The topological polar surface area (TPSA) is 19.7 Å². The molecule has 0 spiro atoms. The van der Waals surface area contributed by atoms with Gasteiger partial charge >= 0.3 is 0 Å². The quantitative estimate of drug-likeness (QED) is 0.0783. The lowest BCUT2D eigenvalue weighted by molar-refractivity contribution is -0.727. The van der Waals surface area contributed by atoms with E-state index in [1.54, 1.807) is 0 Å². The average molecular weight is 532 g/mol. The monoisotopic (exact) mass is 532 g/mol. The number of nitrogens with one attached hydrogen (secondary N) is 1. The standard InChI is InChI=1S/C36H70N2/c1-5-8-11-14-17-19-20-22-25-28-31-35(30-27-24-16-13-10-7-3)36-37-32-33-38(36)34(4)29-26-23-21-18-15-12-9-6-2/h32-35H,5-31H2,1-4H3/p+1. The number of aromatic nitrogens is 2. The van der Waals surface area contributed by atoms with Gasteiger partial charge in [-0.3, -0.25) is 0 Å². The molecule has 1 aromatic heterocycles. The van der Waals surface area contributed by atoms with Gasteiger partial charge in [-0.05, 0) is 32.6 Å². The largest absolute Gasteiger partial charge is 0.257 e. The first-order valence-electron chi connectivity index (χ1n) is 17.8. The second kappa shape index (κ2) is 26.4. The fourth-order valence-electron chi connectivity index (χ4n) is 6.25. The second-order valence-corrected chi connectivity index (χ2v) is 12.6. The predicted molar refractivity (Wildman–Crippen MR) is 170 cm³/mol. The fraction of sp³-hybridized carbons (Fsp3) is 0.917. The van der Waals surface area contributed by atoms with Gasteiger partial charge in [0.05, 0.1) is 12.0 Å². The first kappa shape index (κ1) is 35.2. The zero-order valence-electron chi connectivity index (χ0n) is 26.8. The Balaban J connectivity index is 2.45. The Hall–Kier alpha value is -0.790. The third-order valence-corrected chi connectivity index (χ3v) is 8.89. The van der Waals surface area contributed by atoms with Crippen LogP contribution in [0, 0.1) is 0 Å². The third kappa shape index (κ3) is 18.5. The lowest BCUT2D eigenvalue weighted by Gasteiger charge is -2.17. The lowest BCUT2D eigenvalue weighted by atomic mass is 9.92. The van der Waals surface area contributed by atoms with Crippen molar-refractivity contribution in [3.8, 4) is 0 Å². The van der Waals surface area contributed by atoms with Gasteiger partial charge in [0.2, 0.25) is 0 Å². The van der Waals surface area contributed by atoms with Crippen molar-refractivity contribution in [3.05, 3.63) is 18.2 Å². The molecule has 1 N–H and O–H groups in total. The highest BCUT2D eigenvalue weighted by Gasteiger charge is 2.25. The summed E-state index contributed by atoms with van der Waals surface area (Å²) in [4.78, 5) is 3.73. The van der Waals surface area contributed by atoms with Gasteiger partial charge in [0.1, 0.15) is 12.4 Å². The molecule has 0 fully saturated rings. The van der Waals surface area contributed by atoms with Gasteiger partial charge in [0, 0.05) is 0 Å². The Kier molecular flexibility index (Phi) is 24.5. The summed E-state index contributed by atoms with van der Waals surface area (Å²) < 4.78 is 2.62. The molecule has 0 aromatic carbocycles. The van der Waals surface area contributed by atoms with E-state index in [-0.39, 0.29) is 0 Å². The smallest absolute Gasteiger partial charge is 0.247 e. The molecule has 1 rings (SSSR count). The molecule has 224 valence electrons. The van der Waals surface area contributed by atoms with Gasteiger partial charge in [-0.15, -0.1) is 0 Å². The maximum atomic E-state index is 3.73. The van der Waals surface area contributed by atoms with E-state index in [2.05, 4.69) is 49.6 Å². The molecule has 2 atom stereocenters. The molecule has 1 heterocycles. The van der Waals surface area contributed by atoms with Crippen molar-refractivity contribution in [1.29, 1.82) is 0 Å². The second-order valence-electron chi connectivity index (χ2n) is 12.6. The maximum absolute atomic E-state index is 3.73. The number of hydrogen-bond acceptors (Lipinski definition) is 0. The molecule has 0 saturated heterocycles. The van der Waals surface area contributed by atoms with Crippen LogP contribution in [0.4, 0.5) is 0 Å². The van der Waals surface area contributed by atoms with Crippen molar-refractivity contribution >= 4 is 0 Å². The summed E-state index contributed by atoms with van der Waals surface area (Å²) in [6.07, 6.45) is 42.7. The minimum absolute atomic E-state index is 0.621. The number of unbranched alkanes of at least 4 members (excludes halogenated alkanes) is 21. The molecule has 0 aliphatic carbocycles. The van der Waals surface area contributed by atoms with Crippen LogP contribution in [-0.4, -0.2) is 4.98 Å². The van der Waals surface area contributed by atoms with Crippen LogP contribution in [0.1, 0.15) is 219 Å². The van der Waals surface area contributed by atoms with Crippen LogP contribution in [0.3, 0.4) is 0 Å². The summed E-state index contributed by atoms with van der Waals surface area (Å²) in [5, 5.41) is 0. The normalized spacial score (nSPS) is 13.3. The molecule has 0 saturated carbocycles. The highest BCUT2D eigenvalue weighted by Crippen LogP contribution is 2.27. The van der Waals surface area contributed by atoms with Crippen molar-refractivity contribution < 1.29 is 4.57 Å².